The second kappa shape index (κ2) is 5.43. The second-order valence-electron chi connectivity index (χ2n) is 3.98. The Balaban J connectivity index is 2.36. The van der Waals surface area contributed by atoms with Crippen LogP contribution < -0.4 is 0 Å². The van der Waals surface area contributed by atoms with Crippen molar-refractivity contribution in [2.24, 2.45) is 0 Å². The van der Waals surface area contributed by atoms with Gasteiger partial charge in [-0.25, -0.2) is 0 Å². The van der Waals surface area contributed by atoms with Crippen LogP contribution in [0, 0.1) is 13.8 Å². The van der Waals surface area contributed by atoms with Gasteiger partial charge in [-0.2, -0.15) is 0 Å². The fourth-order valence-electron chi connectivity index (χ4n) is 1.60. The summed E-state index contributed by atoms with van der Waals surface area (Å²) in [6.07, 6.45) is 0. The average molecular weight is 395 g/mol. The molecule has 4 heteroatoms. The lowest BCUT2D eigenvalue weighted by molar-refractivity contribution is 1.20. The highest BCUT2D eigenvalue weighted by Gasteiger charge is 2.14. The van der Waals surface area contributed by atoms with Gasteiger partial charge >= 0.3 is 0 Å². The molecule has 0 nitrogen and oxygen atoms in total. The molecular weight excluding hydrogens is 383 g/mol. The molecule has 0 spiro atoms. The van der Waals surface area contributed by atoms with Gasteiger partial charge in [0.2, 0.25) is 0 Å². The van der Waals surface area contributed by atoms with Crippen LogP contribution in [-0.4, -0.2) is 0 Å². The SMILES string of the molecule is Cc1cc(C(Br)c2cc(C)c(Br)s2)ccc1Cl. The minimum Gasteiger partial charge on any atom is -0.131 e. The van der Waals surface area contributed by atoms with Gasteiger partial charge in [-0.1, -0.05) is 39.7 Å². The van der Waals surface area contributed by atoms with Crippen molar-refractivity contribution in [3.63, 3.8) is 0 Å². The molecule has 0 fully saturated rings. The maximum Gasteiger partial charge on any atom is 0.0738 e. The number of aryl methyl sites for hydroxylation is 2. The van der Waals surface area contributed by atoms with Gasteiger partial charge in [0.1, 0.15) is 0 Å². The Morgan fingerprint density at radius 1 is 1.18 bits per heavy atom. The molecule has 90 valence electrons. The molecule has 2 aromatic rings. The van der Waals surface area contributed by atoms with Gasteiger partial charge in [0, 0.05) is 9.90 Å². The highest BCUT2D eigenvalue weighted by molar-refractivity contribution is 9.11. The summed E-state index contributed by atoms with van der Waals surface area (Å²) < 4.78 is 1.20. The molecule has 0 radical (unpaired) electrons. The van der Waals surface area contributed by atoms with E-state index >= 15 is 0 Å². The quantitative estimate of drug-likeness (QED) is 0.527. The van der Waals surface area contributed by atoms with Crippen molar-refractivity contribution < 1.29 is 0 Å². The van der Waals surface area contributed by atoms with E-state index < -0.39 is 0 Å². The second-order valence-corrected chi connectivity index (χ2v) is 7.70. The van der Waals surface area contributed by atoms with E-state index in [1.54, 1.807) is 11.3 Å². The van der Waals surface area contributed by atoms with Gasteiger partial charge in [-0.05, 0) is 58.6 Å². The topological polar surface area (TPSA) is 0 Å². The first kappa shape index (κ1) is 13.6. The van der Waals surface area contributed by atoms with Crippen LogP contribution >= 0.6 is 54.8 Å². The zero-order valence-corrected chi connectivity index (χ0v) is 14.2. The highest BCUT2D eigenvalue weighted by Crippen LogP contribution is 2.39. The Hall–Kier alpha value is 0.170. The number of alkyl halides is 1. The van der Waals surface area contributed by atoms with Crippen molar-refractivity contribution in [3.8, 4) is 0 Å². The van der Waals surface area contributed by atoms with Gasteiger partial charge in [-0.3, -0.25) is 0 Å². The van der Waals surface area contributed by atoms with Crippen LogP contribution in [0.1, 0.15) is 26.4 Å². The molecule has 0 saturated heterocycles. The Kier molecular flexibility index (Phi) is 4.35. The first-order valence-electron chi connectivity index (χ1n) is 5.15. The van der Waals surface area contributed by atoms with E-state index in [0.29, 0.717) is 0 Å². The molecule has 1 heterocycles. The summed E-state index contributed by atoms with van der Waals surface area (Å²) in [6, 6.07) is 8.36. The average Bonchev–Trinajstić information content (AvgIpc) is 2.62. The van der Waals surface area contributed by atoms with E-state index in [0.717, 1.165) is 10.6 Å². The van der Waals surface area contributed by atoms with E-state index in [2.05, 4.69) is 57.0 Å². The number of hydrogen-bond donors (Lipinski definition) is 0. The van der Waals surface area contributed by atoms with Crippen LogP contribution in [0.25, 0.3) is 0 Å². The van der Waals surface area contributed by atoms with Crippen LogP contribution in [0.4, 0.5) is 0 Å². The summed E-state index contributed by atoms with van der Waals surface area (Å²) in [5, 5.41) is 0.817. The number of benzene rings is 1. The van der Waals surface area contributed by atoms with Gasteiger partial charge < -0.3 is 0 Å². The monoisotopic (exact) mass is 392 g/mol. The predicted molar refractivity (Wildman–Crippen MR) is 83.7 cm³/mol. The van der Waals surface area contributed by atoms with Gasteiger partial charge in [-0.15, -0.1) is 11.3 Å². The van der Waals surface area contributed by atoms with Crippen molar-refractivity contribution >= 4 is 54.8 Å². The van der Waals surface area contributed by atoms with Gasteiger partial charge in [0.25, 0.3) is 0 Å². The van der Waals surface area contributed by atoms with Crippen molar-refractivity contribution in [2.45, 2.75) is 18.7 Å². The Morgan fingerprint density at radius 3 is 2.41 bits per heavy atom. The summed E-state index contributed by atoms with van der Waals surface area (Å²) >= 11 is 15.1. The number of hydrogen-bond acceptors (Lipinski definition) is 1. The smallest absolute Gasteiger partial charge is 0.0738 e. The summed E-state index contributed by atoms with van der Waals surface area (Å²) in [6.45, 7) is 4.14. The molecule has 0 N–H and O–H groups in total. The third-order valence-electron chi connectivity index (χ3n) is 2.60. The Bertz CT molecular complexity index is 529. The van der Waals surface area contributed by atoms with Crippen LogP contribution in [-0.2, 0) is 0 Å². The van der Waals surface area contributed by atoms with E-state index in [-0.39, 0.29) is 4.83 Å². The minimum absolute atomic E-state index is 0.230. The largest absolute Gasteiger partial charge is 0.131 e. The molecule has 1 aromatic heterocycles. The van der Waals surface area contributed by atoms with E-state index in [9.17, 15) is 0 Å². The maximum absolute atomic E-state index is 6.04. The molecular formula is C13H11Br2ClS. The fourth-order valence-corrected chi connectivity index (χ4v) is 3.99. The third-order valence-corrected chi connectivity index (χ3v) is 6.55. The third kappa shape index (κ3) is 2.95. The van der Waals surface area contributed by atoms with Crippen molar-refractivity contribution in [1.82, 2.24) is 0 Å². The first-order chi connectivity index (χ1) is 7.99. The zero-order chi connectivity index (χ0) is 12.6. The summed E-state index contributed by atoms with van der Waals surface area (Å²) in [7, 11) is 0. The number of thiophene rings is 1. The molecule has 1 unspecified atom stereocenters. The van der Waals surface area contributed by atoms with E-state index in [4.69, 9.17) is 11.6 Å². The molecule has 0 aliphatic carbocycles. The predicted octanol–water partition coefficient (Wildman–Crippen LogP) is 6.27. The Morgan fingerprint density at radius 2 is 1.88 bits per heavy atom. The summed E-state index contributed by atoms with van der Waals surface area (Å²) in [5.41, 5.74) is 3.63. The lowest BCUT2D eigenvalue weighted by Gasteiger charge is -2.09. The van der Waals surface area contributed by atoms with Crippen LogP contribution in [0.5, 0.6) is 0 Å². The number of rotatable bonds is 2. The standard InChI is InChI=1S/C13H11Br2ClS/c1-7-5-9(3-4-10(7)16)12(14)11-6-8(2)13(15)17-11/h3-6,12H,1-2H3. The zero-order valence-electron chi connectivity index (χ0n) is 9.43. The lowest BCUT2D eigenvalue weighted by atomic mass is 10.1. The van der Waals surface area contributed by atoms with Crippen molar-refractivity contribution in [3.05, 3.63) is 54.6 Å². The molecule has 0 aliphatic heterocycles. The van der Waals surface area contributed by atoms with Crippen molar-refractivity contribution in [1.29, 1.82) is 0 Å². The molecule has 1 atom stereocenters. The van der Waals surface area contributed by atoms with E-state index in [1.807, 2.05) is 13.0 Å². The molecule has 0 saturated carbocycles. The first-order valence-corrected chi connectivity index (χ1v) is 8.05. The lowest BCUT2D eigenvalue weighted by Crippen LogP contribution is -1.90. The molecule has 0 bridgehead atoms. The maximum atomic E-state index is 6.04. The molecule has 2 rings (SSSR count). The summed E-state index contributed by atoms with van der Waals surface area (Å²) in [5.74, 6) is 0. The highest BCUT2D eigenvalue weighted by atomic mass is 79.9. The normalized spacial score (nSPS) is 12.8. The Labute approximate surface area is 127 Å². The number of halogens is 3. The van der Waals surface area contributed by atoms with Crippen LogP contribution in [0.3, 0.4) is 0 Å². The molecule has 0 aliphatic rings. The minimum atomic E-state index is 0.230. The van der Waals surface area contributed by atoms with Gasteiger partial charge in [0.05, 0.1) is 8.61 Å². The molecule has 0 amide bonds. The fraction of sp³-hybridized carbons (Fsp3) is 0.231. The molecule has 1 aromatic carbocycles. The van der Waals surface area contributed by atoms with Crippen LogP contribution in [0.15, 0.2) is 28.1 Å². The van der Waals surface area contributed by atoms with Gasteiger partial charge in [0.15, 0.2) is 0 Å². The van der Waals surface area contributed by atoms with E-state index in [1.165, 1.54) is 19.8 Å². The van der Waals surface area contributed by atoms with Crippen LogP contribution in [0.2, 0.25) is 5.02 Å². The molecule has 17 heavy (non-hydrogen) atoms. The van der Waals surface area contributed by atoms with Crippen molar-refractivity contribution in [2.75, 3.05) is 0 Å². The summed E-state index contributed by atoms with van der Waals surface area (Å²) in [4.78, 5) is 1.53.